The summed E-state index contributed by atoms with van der Waals surface area (Å²) >= 11 is 6.18. The second-order valence-corrected chi connectivity index (χ2v) is 10.3. The van der Waals surface area contributed by atoms with Gasteiger partial charge in [-0.3, -0.25) is 14.5 Å². The summed E-state index contributed by atoms with van der Waals surface area (Å²) in [5, 5.41) is 0.477. The average Bonchev–Trinajstić information content (AvgIpc) is 3.52. The van der Waals surface area contributed by atoms with Crippen molar-refractivity contribution in [1.29, 1.82) is 0 Å². The summed E-state index contributed by atoms with van der Waals surface area (Å²) in [7, 11) is 3.19. The SMILES string of the molecule is COc1ccc(CCN(Cc2ccco2)C(=O)CN(CCCN2CCOCC2)C(=O)c2cccc(Cl)c2)cc1OC. The highest BCUT2D eigenvalue weighted by Crippen LogP contribution is 2.28. The summed E-state index contributed by atoms with van der Waals surface area (Å²) in [6.07, 6.45) is 2.92. The highest BCUT2D eigenvalue weighted by Gasteiger charge is 2.24. The number of rotatable bonds is 14. The molecule has 2 amide bonds. The molecular formula is C31H38ClN3O6. The number of hydrogen-bond acceptors (Lipinski definition) is 7. The van der Waals surface area contributed by atoms with E-state index < -0.39 is 0 Å². The smallest absolute Gasteiger partial charge is 0.254 e. The van der Waals surface area contributed by atoms with Crippen molar-refractivity contribution in [1.82, 2.24) is 14.7 Å². The van der Waals surface area contributed by atoms with Crippen LogP contribution in [0.15, 0.2) is 65.3 Å². The number of amides is 2. The first-order valence-corrected chi connectivity index (χ1v) is 14.2. The van der Waals surface area contributed by atoms with Crippen LogP contribution < -0.4 is 9.47 Å². The van der Waals surface area contributed by atoms with Gasteiger partial charge in [-0.15, -0.1) is 0 Å². The number of methoxy groups -OCH3 is 2. The van der Waals surface area contributed by atoms with Gasteiger partial charge >= 0.3 is 0 Å². The molecule has 220 valence electrons. The lowest BCUT2D eigenvalue weighted by molar-refractivity contribution is -0.132. The first-order valence-electron chi connectivity index (χ1n) is 13.8. The number of benzene rings is 2. The minimum absolute atomic E-state index is 0.0545. The highest BCUT2D eigenvalue weighted by atomic mass is 35.5. The van der Waals surface area contributed by atoms with Crippen molar-refractivity contribution in [3.8, 4) is 11.5 Å². The summed E-state index contributed by atoms with van der Waals surface area (Å²) in [6, 6.07) is 16.2. The molecule has 4 rings (SSSR count). The zero-order valence-electron chi connectivity index (χ0n) is 23.7. The van der Waals surface area contributed by atoms with Crippen LogP contribution in [0, 0.1) is 0 Å². The molecule has 3 aromatic rings. The van der Waals surface area contributed by atoms with E-state index in [-0.39, 0.29) is 18.4 Å². The first kappa shape index (κ1) is 30.4. The highest BCUT2D eigenvalue weighted by molar-refractivity contribution is 6.31. The third-order valence-electron chi connectivity index (χ3n) is 7.09. The van der Waals surface area contributed by atoms with Crippen LogP contribution in [0.2, 0.25) is 5.02 Å². The van der Waals surface area contributed by atoms with E-state index in [0.717, 1.165) is 31.6 Å². The number of nitrogens with zero attached hydrogens (tertiary/aromatic N) is 3. The van der Waals surface area contributed by atoms with E-state index in [1.807, 2.05) is 24.3 Å². The van der Waals surface area contributed by atoms with Crippen LogP contribution in [0.4, 0.5) is 0 Å². The summed E-state index contributed by atoms with van der Waals surface area (Å²) in [5.74, 6) is 1.56. The lowest BCUT2D eigenvalue weighted by Gasteiger charge is -2.30. The van der Waals surface area contributed by atoms with E-state index in [2.05, 4.69) is 4.90 Å². The van der Waals surface area contributed by atoms with Crippen LogP contribution in [0.5, 0.6) is 11.5 Å². The number of carbonyl (C=O) groups excluding carboxylic acids is 2. The molecule has 1 aliphatic rings. The van der Waals surface area contributed by atoms with Crippen molar-refractivity contribution in [2.75, 3.05) is 66.7 Å². The van der Waals surface area contributed by atoms with Crippen molar-refractivity contribution >= 4 is 23.4 Å². The van der Waals surface area contributed by atoms with Gasteiger partial charge in [-0.1, -0.05) is 23.7 Å². The molecule has 2 aromatic carbocycles. The molecule has 2 heterocycles. The van der Waals surface area contributed by atoms with Crippen LogP contribution in [-0.4, -0.2) is 93.2 Å². The quantitative estimate of drug-likeness (QED) is 0.278. The second kappa shape index (κ2) is 15.5. The van der Waals surface area contributed by atoms with Gasteiger partial charge in [0.1, 0.15) is 12.3 Å². The van der Waals surface area contributed by atoms with Gasteiger partial charge in [0.05, 0.1) is 40.2 Å². The molecule has 0 bridgehead atoms. The van der Waals surface area contributed by atoms with Gasteiger partial charge in [0.25, 0.3) is 5.91 Å². The Labute approximate surface area is 246 Å². The van der Waals surface area contributed by atoms with Crippen molar-refractivity contribution in [3.63, 3.8) is 0 Å². The predicted molar refractivity (Wildman–Crippen MR) is 157 cm³/mol. The van der Waals surface area contributed by atoms with E-state index in [9.17, 15) is 9.59 Å². The molecule has 0 aliphatic carbocycles. The van der Waals surface area contributed by atoms with Crippen molar-refractivity contribution in [2.45, 2.75) is 19.4 Å². The zero-order valence-corrected chi connectivity index (χ0v) is 24.5. The zero-order chi connectivity index (χ0) is 29.0. The minimum atomic E-state index is -0.222. The summed E-state index contributed by atoms with van der Waals surface area (Å²) in [5.41, 5.74) is 1.46. The molecule has 9 nitrogen and oxygen atoms in total. The van der Waals surface area contributed by atoms with Gasteiger partial charge in [-0.2, -0.15) is 0 Å². The normalized spacial score (nSPS) is 13.5. The molecule has 0 N–H and O–H groups in total. The number of hydrogen-bond donors (Lipinski definition) is 0. The molecule has 0 unspecified atom stereocenters. The Morgan fingerprint density at radius 1 is 0.951 bits per heavy atom. The molecule has 1 fully saturated rings. The van der Waals surface area contributed by atoms with Gasteiger partial charge in [-0.25, -0.2) is 0 Å². The molecule has 1 saturated heterocycles. The Morgan fingerprint density at radius 2 is 1.76 bits per heavy atom. The molecule has 0 radical (unpaired) electrons. The van der Waals surface area contributed by atoms with Crippen LogP contribution >= 0.6 is 11.6 Å². The Morgan fingerprint density at radius 3 is 2.46 bits per heavy atom. The molecule has 41 heavy (non-hydrogen) atoms. The van der Waals surface area contributed by atoms with Gasteiger partial charge < -0.3 is 28.4 Å². The maximum atomic E-state index is 13.8. The number of carbonyl (C=O) groups is 2. The third kappa shape index (κ3) is 8.98. The van der Waals surface area contributed by atoms with Crippen LogP contribution in [0.1, 0.15) is 28.1 Å². The third-order valence-corrected chi connectivity index (χ3v) is 7.32. The average molecular weight is 584 g/mol. The molecule has 10 heteroatoms. The summed E-state index contributed by atoms with van der Waals surface area (Å²) < 4.78 is 21.8. The van der Waals surface area contributed by atoms with E-state index in [4.69, 9.17) is 30.2 Å². The van der Waals surface area contributed by atoms with E-state index in [1.165, 1.54) is 0 Å². The monoisotopic (exact) mass is 583 g/mol. The van der Waals surface area contributed by atoms with Crippen molar-refractivity contribution in [3.05, 3.63) is 82.8 Å². The van der Waals surface area contributed by atoms with Gasteiger partial charge in [0.2, 0.25) is 5.91 Å². The molecule has 0 saturated carbocycles. The molecule has 1 aliphatic heterocycles. The molecule has 0 spiro atoms. The topological polar surface area (TPSA) is 84.7 Å². The minimum Gasteiger partial charge on any atom is -0.493 e. The number of furan rings is 1. The summed E-state index contributed by atoms with van der Waals surface area (Å²) in [4.78, 5) is 33.0. The van der Waals surface area contributed by atoms with Gasteiger partial charge in [0, 0.05) is 43.3 Å². The predicted octanol–water partition coefficient (Wildman–Crippen LogP) is 4.39. The van der Waals surface area contributed by atoms with Gasteiger partial charge in [0.15, 0.2) is 11.5 Å². The number of halogens is 1. The largest absolute Gasteiger partial charge is 0.493 e. The fourth-order valence-electron chi connectivity index (χ4n) is 4.81. The Bertz CT molecular complexity index is 1260. The second-order valence-electron chi connectivity index (χ2n) is 9.88. The lowest BCUT2D eigenvalue weighted by Crippen LogP contribution is -2.44. The first-order chi connectivity index (χ1) is 20.0. The maximum absolute atomic E-state index is 13.8. The molecule has 0 atom stereocenters. The number of ether oxygens (including phenoxy) is 3. The summed E-state index contributed by atoms with van der Waals surface area (Å²) in [6.45, 7) is 5.11. The van der Waals surface area contributed by atoms with E-state index >= 15 is 0 Å². The van der Waals surface area contributed by atoms with Crippen LogP contribution in [0.3, 0.4) is 0 Å². The number of morpholine rings is 1. The lowest BCUT2D eigenvalue weighted by atomic mass is 10.1. The molecule has 1 aromatic heterocycles. The van der Waals surface area contributed by atoms with Crippen molar-refractivity contribution < 1.29 is 28.2 Å². The Hall–Kier alpha value is -3.53. The van der Waals surface area contributed by atoms with E-state index in [1.54, 1.807) is 60.6 Å². The van der Waals surface area contributed by atoms with Gasteiger partial charge in [-0.05, 0) is 60.9 Å². The van der Waals surface area contributed by atoms with E-state index in [0.29, 0.717) is 67.1 Å². The fraction of sp³-hybridized carbons (Fsp3) is 0.419. The fourth-order valence-corrected chi connectivity index (χ4v) is 5.00. The van der Waals surface area contributed by atoms with Crippen LogP contribution in [-0.2, 0) is 22.5 Å². The Balaban J connectivity index is 1.48. The van der Waals surface area contributed by atoms with Crippen molar-refractivity contribution in [2.24, 2.45) is 0 Å². The maximum Gasteiger partial charge on any atom is 0.254 e. The standard InChI is InChI=1S/C31H38ClN3O6/c1-38-28-10-9-24(20-29(28)39-2)11-14-34(22-27-8-4-17-41-27)30(36)23-35(13-5-12-33-15-18-40-19-16-33)31(37)25-6-3-7-26(32)21-25/h3-4,6-10,17,20-21H,5,11-16,18-19,22-23H2,1-2H3. The molecular weight excluding hydrogens is 546 g/mol. The Kier molecular flexibility index (Phi) is 11.5. The van der Waals surface area contributed by atoms with Crippen LogP contribution in [0.25, 0.3) is 0 Å².